The van der Waals surface area contributed by atoms with E-state index in [-0.39, 0.29) is 23.7 Å². The van der Waals surface area contributed by atoms with Gasteiger partial charge in [0.15, 0.2) is 0 Å². The van der Waals surface area contributed by atoms with Gasteiger partial charge >= 0.3 is 6.18 Å². The molecule has 1 fully saturated rings. The van der Waals surface area contributed by atoms with Crippen molar-refractivity contribution in [2.45, 2.75) is 32.5 Å². The molecule has 0 aliphatic carbocycles. The van der Waals surface area contributed by atoms with Crippen molar-refractivity contribution in [2.24, 2.45) is 11.8 Å². The van der Waals surface area contributed by atoms with Gasteiger partial charge in [0.05, 0.1) is 5.56 Å². The van der Waals surface area contributed by atoms with Crippen molar-refractivity contribution in [3.05, 3.63) is 93.4 Å². The lowest BCUT2D eigenvalue weighted by molar-refractivity contribution is -0.137. The van der Waals surface area contributed by atoms with Gasteiger partial charge in [-0.15, -0.1) is 11.3 Å². The molecule has 0 spiro atoms. The summed E-state index contributed by atoms with van der Waals surface area (Å²) in [6.45, 7) is 6.97. The Labute approximate surface area is 213 Å². The molecule has 1 aromatic heterocycles. The van der Waals surface area contributed by atoms with Gasteiger partial charge in [-0.25, -0.2) is 4.39 Å². The molecule has 2 heterocycles. The highest BCUT2D eigenvalue weighted by Crippen LogP contribution is 2.38. The number of halogens is 4. The van der Waals surface area contributed by atoms with Crippen molar-refractivity contribution in [2.75, 3.05) is 26.2 Å². The molecule has 192 valence electrons. The molecule has 0 N–H and O–H groups in total. The van der Waals surface area contributed by atoms with E-state index in [2.05, 4.69) is 11.0 Å². The van der Waals surface area contributed by atoms with Crippen molar-refractivity contribution in [3.8, 4) is 0 Å². The third-order valence-electron chi connectivity index (χ3n) is 6.54. The molecule has 1 amide bonds. The summed E-state index contributed by atoms with van der Waals surface area (Å²) in [5.74, 6) is -0.598. The monoisotopic (exact) mass is 518 g/mol. The number of nitrogens with zero attached hydrogens (tertiary/aromatic N) is 2. The van der Waals surface area contributed by atoms with Gasteiger partial charge in [0.25, 0.3) is 5.91 Å². The standard InChI is InChI=1S/C28H30F4N2OS/c1-19(2)14-34(27(35)20-8-10-24(29)11-9-20)16-22-15-33(17-25-7-4-12-36-25)18-26(22)21-5-3-6-23(13-21)28(30,31)32/h3-13,19,22,26H,14-18H2,1-2H3/t22-,26+/m0/s1. The van der Waals surface area contributed by atoms with Crippen LogP contribution in [0.3, 0.4) is 0 Å². The molecule has 0 unspecified atom stereocenters. The summed E-state index contributed by atoms with van der Waals surface area (Å²) in [5.41, 5.74) is 0.389. The largest absolute Gasteiger partial charge is 0.416 e. The molecule has 2 atom stereocenters. The lowest BCUT2D eigenvalue weighted by Gasteiger charge is -2.30. The highest BCUT2D eigenvalue weighted by Gasteiger charge is 2.38. The van der Waals surface area contributed by atoms with Crippen LogP contribution in [0.5, 0.6) is 0 Å². The zero-order valence-electron chi connectivity index (χ0n) is 20.3. The van der Waals surface area contributed by atoms with Gasteiger partial charge in [0.2, 0.25) is 0 Å². The van der Waals surface area contributed by atoms with E-state index in [0.29, 0.717) is 37.3 Å². The highest BCUT2D eigenvalue weighted by atomic mass is 32.1. The van der Waals surface area contributed by atoms with E-state index >= 15 is 0 Å². The molecule has 3 aromatic rings. The Morgan fingerprint density at radius 3 is 2.47 bits per heavy atom. The Hall–Kier alpha value is -2.71. The maximum Gasteiger partial charge on any atom is 0.416 e. The zero-order valence-corrected chi connectivity index (χ0v) is 21.2. The van der Waals surface area contributed by atoms with Gasteiger partial charge in [-0.3, -0.25) is 9.69 Å². The third kappa shape index (κ3) is 6.53. The average molecular weight is 519 g/mol. The number of alkyl halides is 3. The number of benzene rings is 2. The van der Waals surface area contributed by atoms with E-state index in [0.717, 1.165) is 12.6 Å². The summed E-state index contributed by atoms with van der Waals surface area (Å²) >= 11 is 1.65. The fourth-order valence-electron chi connectivity index (χ4n) is 4.96. The second kappa shape index (κ2) is 11.1. The first-order chi connectivity index (χ1) is 17.1. The van der Waals surface area contributed by atoms with E-state index < -0.39 is 17.6 Å². The summed E-state index contributed by atoms with van der Waals surface area (Å²) < 4.78 is 53.8. The zero-order chi connectivity index (χ0) is 25.9. The predicted octanol–water partition coefficient (Wildman–Crippen LogP) is 6.92. The SMILES string of the molecule is CC(C)CN(C[C@@H]1CN(Cc2cccs2)C[C@@H]1c1cccc(C(F)(F)F)c1)C(=O)c1ccc(F)cc1. The second-order valence-corrected chi connectivity index (χ2v) is 10.9. The Morgan fingerprint density at radius 1 is 1.08 bits per heavy atom. The Morgan fingerprint density at radius 2 is 1.83 bits per heavy atom. The van der Waals surface area contributed by atoms with Crippen LogP contribution in [0.1, 0.15) is 46.1 Å². The maximum absolute atomic E-state index is 13.5. The summed E-state index contributed by atoms with van der Waals surface area (Å²) in [6, 6.07) is 15.1. The lowest BCUT2D eigenvalue weighted by atomic mass is 9.87. The molecule has 3 nitrogen and oxygen atoms in total. The first-order valence-electron chi connectivity index (χ1n) is 12.1. The van der Waals surface area contributed by atoms with Gasteiger partial charge in [0, 0.05) is 49.1 Å². The number of likely N-dealkylation sites (tertiary alicyclic amines) is 1. The minimum Gasteiger partial charge on any atom is -0.338 e. The number of amides is 1. The van der Waals surface area contributed by atoms with Gasteiger partial charge in [-0.05, 0) is 59.2 Å². The fourth-order valence-corrected chi connectivity index (χ4v) is 5.71. The molecule has 0 radical (unpaired) electrons. The molecular weight excluding hydrogens is 488 g/mol. The van der Waals surface area contributed by atoms with Crippen molar-refractivity contribution in [1.82, 2.24) is 9.80 Å². The van der Waals surface area contributed by atoms with Crippen molar-refractivity contribution >= 4 is 17.2 Å². The molecule has 8 heteroatoms. The van der Waals surface area contributed by atoms with Crippen molar-refractivity contribution in [3.63, 3.8) is 0 Å². The predicted molar refractivity (Wildman–Crippen MR) is 134 cm³/mol. The normalized spacial score (nSPS) is 18.6. The van der Waals surface area contributed by atoms with Gasteiger partial charge in [0.1, 0.15) is 5.82 Å². The van der Waals surface area contributed by atoms with E-state index in [9.17, 15) is 22.4 Å². The number of carbonyl (C=O) groups is 1. The van der Waals surface area contributed by atoms with Crippen molar-refractivity contribution in [1.29, 1.82) is 0 Å². The molecule has 1 aliphatic heterocycles. The number of hydrogen-bond acceptors (Lipinski definition) is 3. The molecule has 2 aromatic carbocycles. The number of carbonyl (C=O) groups excluding carboxylic acids is 1. The van der Waals surface area contributed by atoms with Gasteiger partial charge in [-0.1, -0.05) is 38.1 Å². The van der Waals surface area contributed by atoms with Crippen LogP contribution in [-0.2, 0) is 12.7 Å². The summed E-state index contributed by atoms with van der Waals surface area (Å²) in [7, 11) is 0. The first-order valence-corrected chi connectivity index (χ1v) is 12.9. The quantitative estimate of drug-likeness (QED) is 0.302. The molecular formula is C28H30F4N2OS. The van der Waals surface area contributed by atoms with Crippen LogP contribution in [0.25, 0.3) is 0 Å². The Balaban J connectivity index is 1.62. The lowest BCUT2D eigenvalue weighted by Crippen LogP contribution is -2.39. The number of hydrogen-bond donors (Lipinski definition) is 0. The minimum absolute atomic E-state index is 0.0448. The molecule has 1 saturated heterocycles. The Kier molecular flexibility index (Phi) is 8.15. The van der Waals surface area contributed by atoms with Crippen molar-refractivity contribution < 1.29 is 22.4 Å². The van der Waals surface area contributed by atoms with E-state index in [1.54, 1.807) is 22.3 Å². The highest BCUT2D eigenvalue weighted by molar-refractivity contribution is 7.09. The average Bonchev–Trinajstić information content (AvgIpc) is 3.48. The summed E-state index contributed by atoms with van der Waals surface area (Å²) in [6.07, 6.45) is -4.41. The number of rotatable bonds is 8. The Bertz CT molecular complexity index is 1150. The van der Waals surface area contributed by atoms with Crippen LogP contribution in [0.15, 0.2) is 66.0 Å². The molecule has 0 bridgehead atoms. The van der Waals surface area contributed by atoms with Gasteiger partial charge in [-0.2, -0.15) is 13.2 Å². The fraction of sp³-hybridized carbons (Fsp3) is 0.393. The smallest absolute Gasteiger partial charge is 0.338 e. The van der Waals surface area contributed by atoms with Crippen LogP contribution >= 0.6 is 11.3 Å². The van der Waals surface area contributed by atoms with Crippen LogP contribution < -0.4 is 0 Å². The summed E-state index contributed by atoms with van der Waals surface area (Å²) in [5, 5.41) is 2.01. The first kappa shape index (κ1) is 26.4. The van der Waals surface area contributed by atoms with E-state index in [1.807, 2.05) is 25.3 Å². The molecule has 36 heavy (non-hydrogen) atoms. The molecule has 4 rings (SSSR count). The summed E-state index contributed by atoms with van der Waals surface area (Å²) in [4.78, 5) is 18.6. The second-order valence-electron chi connectivity index (χ2n) is 9.87. The molecule has 1 aliphatic rings. The number of thiophene rings is 1. The van der Waals surface area contributed by atoms with E-state index in [4.69, 9.17) is 0 Å². The van der Waals surface area contributed by atoms with E-state index in [1.165, 1.54) is 41.3 Å². The van der Waals surface area contributed by atoms with Crippen LogP contribution in [0, 0.1) is 17.7 Å². The minimum atomic E-state index is -4.41. The van der Waals surface area contributed by atoms with Crippen LogP contribution in [0.2, 0.25) is 0 Å². The maximum atomic E-state index is 13.5. The van der Waals surface area contributed by atoms with Crippen LogP contribution in [-0.4, -0.2) is 41.9 Å². The van der Waals surface area contributed by atoms with Gasteiger partial charge < -0.3 is 4.90 Å². The molecule has 0 saturated carbocycles. The third-order valence-corrected chi connectivity index (χ3v) is 7.40. The topological polar surface area (TPSA) is 23.6 Å². The van der Waals surface area contributed by atoms with Crippen LogP contribution in [0.4, 0.5) is 17.6 Å².